The van der Waals surface area contributed by atoms with Crippen molar-refractivity contribution in [1.82, 2.24) is 0 Å². The Morgan fingerprint density at radius 1 is 1.09 bits per heavy atom. The highest BCUT2D eigenvalue weighted by Gasteiger charge is 2.40. The number of hydrogen-bond acceptors (Lipinski definition) is 3. The molecule has 0 atom stereocenters. The lowest BCUT2D eigenvalue weighted by molar-refractivity contribution is 0.00626. The molecular formula is C18H29FO3Si. The number of aryl methyl sites for hydroxylation is 1. The molecule has 1 aromatic rings. The summed E-state index contributed by atoms with van der Waals surface area (Å²) >= 11 is 0. The maximum Gasteiger partial charge on any atom is 0.345 e. The molecule has 5 heteroatoms. The van der Waals surface area contributed by atoms with Crippen molar-refractivity contribution >= 4 is 14.3 Å². The smallest absolute Gasteiger partial charge is 0.345 e. The van der Waals surface area contributed by atoms with Crippen molar-refractivity contribution in [2.75, 3.05) is 0 Å². The van der Waals surface area contributed by atoms with Crippen molar-refractivity contribution in [2.24, 2.45) is 0 Å². The lowest BCUT2D eigenvalue weighted by Crippen LogP contribution is -2.44. The molecule has 0 N–H and O–H groups in total. The Morgan fingerprint density at radius 3 is 2.04 bits per heavy atom. The summed E-state index contributed by atoms with van der Waals surface area (Å²) in [5, 5.41) is -0.0571. The maximum atomic E-state index is 14.4. The summed E-state index contributed by atoms with van der Waals surface area (Å²) in [4.78, 5) is 12.4. The summed E-state index contributed by atoms with van der Waals surface area (Å²) in [6.45, 7) is 17.5. The normalized spacial score (nSPS) is 13.0. The quantitative estimate of drug-likeness (QED) is 0.540. The molecule has 130 valence electrons. The Bertz CT molecular complexity index is 596. The first-order valence-corrected chi connectivity index (χ1v) is 10.8. The van der Waals surface area contributed by atoms with Gasteiger partial charge < -0.3 is 9.16 Å². The number of carbonyl (C=O) groups excluding carboxylic acids is 1. The molecule has 0 fully saturated rings. The predicted octanol–water partition coefficient (Wildman–Crippen LogP) is 5.47. The number of hydrogen-bond donors (Lipinski definition) is 0. The third kappa shape index (κ3) is 5.06. The van der Waals surface area contributed by atoms with Crippen LogP contribution in [-0.2, 0) is 4.74 Å². The lowest BCUT2D eigenvalue weighted by atomic mass is 10.1. The van der Waals surface area contributed by atoms with E-state index < -0.39 is 25.7 Å². The van der Waals surface area contributed by atoms with Crippen LogP contribution in [-0.4, -0.2) is 19.9 Å². The van der Waals surface area contributed by atoms with Gasteiger partial charge in [0.2, 0.25) is 0 Å². The van der Waals surface area contributed by atoms with Crippen molar-refractivity contribution in [2.45, 2.75) is 72.2 Å². The topological polar surface area (TPSA) is 35.5 Å². The first-order chi connectivity index (χ1) is 10.1. The van der Waals surface area contributed by atoms with Crippen molar-refractivity contribution in [3.05, 3.63) is 29.1 Å². The van der Waals surface area contributed by atoms with Crippen LogP contribution in [0.4, 0.5) is 4.39 Å². The number of esters is 1. The Hall–Kier alpha value is -1.36. The third-order valence-electron chi connectivity index (χ3n) is 3.97. The molecule has 0 aliphatic heterocycles. The number of ether oxygens (including phenoxy) is 1. The van der Waals surface area contributed by atoms with Crippen LogP contribution in [0.25, 0.3) is 0 Å². The van der Waals surface area contributed by atoms with Gasteiger partial charge in [0.15, 0.2) is 0 Å². The van der Waals surface area contributed by atoms with Gasteiger partial charge in [-0.1, -0.05) is 20.8 Å². The Morgan fingerprint density at radius 2 is 1.61 bits per heavy atom. The second-order valence-electron chi connectivity index (χ2n) is 8.48. The fourth-order valence-corrected chi connectivity index (χ4v) is 2.76. The highest BCUT2D eigenvalue weighted by molar-refractivity contribution is 6.74. The van der Waals surface area contributed by atoms with Crippen LogP contribution in [0.15, 0.2) is 12.1 Å². The zero-order valence-electron chi connectivity index (χ0n) is 15.8. The highest BCUT2D eigenvalue weighted by Crippen LogP contribution is 2.39. The first-order valence-electron chi connectivity index (χ1n) is 7.86. The number of benzene rings is 1. The van der Waals surface area contributed by atoms with Gasteiger partial charge in [-0.3, -0.25) is 0 Å². The minimum atomic E-state index is -2.20. The summed E-state index contributed by atoms with van der Waals surface area (Å²) in [5.41, 5.74) is -0.0956. The average molecular weight is 341 g/mol. The summed E-state index contributed by atoms with van der Waals surface area (Å²) < 4.78 is 26.0. The molecule has 0 aliphatic rings. The summed E-state index contributed by atoms with van der Waals surface area (Å²) in [6.07, 6.45) is 0. The SMILES string of the molecule is Cc1cc(F)c(C(=O)OC(C)(C)C)c(O[Si](C)(C)C(C)(C)C)c1. The number of carbonyl (C=O) groups is 1. The number of halogens is 1. The molecule has 0 heterocycles. The molecular weight excluding hydrogens is 311 g/mol. The monoisotopic (exact) mass is 340 g/mol. The average Bonchev–Trinajstić information content (AvgIpc) is 2.22. The largest absolute Gasteiger partial charge is 0.543 e. The van der Waals surface area contributed by atoms with Gasteiger partial charge >= 0.3 is 5.97 Å². The summed E-state index contributed by atoms with van der Waals surface area (Å²) in [5.74, 6) is -1.01. The Balaban J connectivity index is 3.35. The van der Waals surface area contributed by atoms with E-state index in [2.05, 4.69) is 33.9 Å². The molecule has 23 heavy (non-hydrogen) atoms. The van der Waals surface area contributed by atoms with E-state index in [1.165, 1.54) is 6.07 Å². The molecule has 1 aromatic carbocycles. The fourth-order valence-electron chi connectivity index (χ4n) is 1.75. The van der Waals surface area contributed by atoms with Gasteiger partial charge in [-0.05, 0) is 63.5 Å². The van der Waals surface area contributed by atoms with E-state index in [0.29, 0.717) is 5.56 Å². The van der Waals surface area contributed by atoms with E-state index >= 15 is 0 Å². The van der Waals surface area contributed by atoms with Gasteiger partial charge in [0.05, 0.1) is 0 Å². The molecule has 0 bridgehead atoms. The van der Waals surface area contributed by atoms with E-state index in [9.17, 15) is 9.18 Å². The molecule has 1 rings (SSSR count). The van der Waals surface area contributed by atoms with Crippen molar-refractivity contribution < 1.29 is 18.3 Å². The third-order valence-corrected chi connectivity index (χ3v) is 8.32. The van der Waals surface area contributed by atoms with Crippen LogP contribution in [0, 0.1) is 12.7 Å². The predicted molar refractivity (Wildman–Crippen MR) is 94.1 cm³/mol. The van der Waals surface area contributed by atoms with Crippen LogP contribution < -0.4 is 4.43 Å². The van der Waals surface area contributed by atoms with E-state index in [1.54, 1.807) is 33.8 Å². The second kappa shape index (κ2) is 6.27. The van der Waals surface area contributed by atoms with Crippen molar-refractivity contribution in [1.29, 1.82) is 0 Å². The van der Waals surface area contributed by atoms with Crippen LogP contribution >= 0.6 is 0 Å². The second-order valence-corrected chi connectivity index (χ2v) is 13.2. The van der Waals surface area contributed by atoms with Gasteiger partial charge in [0, 0.05) is 0 Å². The van der Waals surface area contributed by atoms with E-state index in [4.69, 9.17) is 9.16 Å². The molecule has 0 saturated carbocycles. The molecule has 3 nitrogen and oxygen atoms in total. The van der Waals surface area contributed by atoms with E-state index in [1.807, 2.05) is 0 Å². The molecule has 0 radical (unpaired) electrons. The molecule has 0 aliphatic carbocycles. The zero-order valence-corrected chi connectivity index (χ0v) is 16.8. The van der Waals surface area contributed by atoms with Gasteiger partial charge in [-0.25, -0.2) is 9.18 Å². The van der Waals surface area contributed by atoms with E-state index in [0.717, 1.165) is 0 Å². The summed E-state index contributed by atoms with van der Waals surface area (Å²) in [6, 6.07) is 3.04. The van der Waals surface area contributed by atoms with Crippen molar-refractivity contribution in [3.8, 4) is 5.75 Å². The molecule has 0 amide bonds. The summed E-state index contributed by atoms with van der Waals surface area (Å²) in [7, 11) is -2.20. The van der Waals surface area contributed by atoms with Crippen LogP contribution in [0.3, 0.4) is 0 Å². The van der Waals surface area contributed by atoms with Crippen LogP contribution in [0.5, 0.6) is 5.75 Å². The lowest BCUT2D eigenvalue weighted by Gasteiger charge is -2.37. The van der Waals surface area contributed by atoms with Crippen molar-refractivity contribution in [3.63, 3.8) is 0 Å². The Labute approximate surface area is 140 Å². The van der Waals surface area contributed by atoms with Crippen LogP contribution in [0.1, 0.15) is 57.5 Å². The van der Waals surface area contributed by atoms with E-state index in [-0.39, 0.29) is 16.4 Å². The number of rotatable bonds is 3. The first kappa shape index (κ1) is 19.7. The van der Waals surface area contributed by atoms with Gasteiger partial charge in [0.25, 0.3) is 8.32 Å². The van der Waals surface area contributed by atoms with Crippen LogP contribution in [0.2, 0.25) is 18.1 Å². The van der Waals surface area contributed by atoms with Gasteiger partial charge in [-0.2, -0.15) is 0 Å². The highest BCUT2D eigenvalue weighted by atomic mass is 28.4. The molecule has 0 saturated heterocycles. The molecule has 0 aromatic heterocycles. The molecule has 0 spiro atoms. The fraction of sp³-hybridized carbons (Fsp3) is 0.611. The minimum Gasteiger partial charge on any atom is -0.543 e. The van der Waals surface area contributed by atoms with Gasteiger partial charge in [0.1, 0.15) is 22.7 Å². The zero-order chi connectivity index (χ0) is 18.2. The maximum absolute atomic E-state index is 14.4. The Kier molecular flexibility index (Phi) is 5.36. The van der Waals surface area contributed by atoms with Gasteiger partial charge in [-0.15, -0.1) is 0 Å². The molecule has 0 unspecified atom stereocenters. The standard InChI is InChI=1S/C18H29FO3Si/c1-12-10-13(19)15(16(20)21-17(2,3)4)14(11-12)22-23(8,9)18(5,6)7/h10-11H,1-9H3. The minimum absolute atomic E-state index is 0.0571.